The van der Waals surface area contributed by atoms with Crippen molar-refractivity contribution in [2.45, 2.75) is 32.9 Å². The van der Waals surface area contributed by atoms with Gasteiger partial charge in [-0.3, -0.25) is 4.79 Å². The van der Waals surface area contributed by atoms with E-state index in [4.69, 9.17) is 0 Å². The van der Waals surface area contributed by atoms with Gasteiger partial charge in [-0.2, -0.15) is 0 Å². The minimum absolute atomic E-state index is 0.0737. The molecule has 1 aliphatic rings. The molecule has 4 nitrogen and oxygen atoms in total. The van der Waals surface area contributed by atoms with Gasteiger partial charge in [0.2, 0.25) is 0 Å². The van der Waals surface area contributed by atoms with E-state index in [-0.39, 0.29) is 5.91 Å². The smallest absolute Gasteiger partial charge is 0.255 e. The van der Waals surface area contributed by atoms with E-state index in [9.17, 15) is 4.79 Å². The highest BCUT2D eigenvalue weighted by atomic mass is 79.9. The Balaban J connectivity index is 1.88. The molecular weight excluding hydrogens is 330 g/mol. The van der Waals surface area contributed by atoms with Crippen LogP contribution < -0.4 is 0 Å². The molecule has 0 unspecified atom stereocenters. The molecule has 2 aromatic rings. The molecule has 0 saturated heterocycles. The van der Waals surface area contributed by atoms with E-state index < -0.39 is 0 Å². The summed E-state index contributed by atoms with van der Waals surface area (Å²) in [5, 5.41) is 0. The zero-order valence-electron chi connectivity index (χ0n) is 12.2. The molecule has 0 N–H and O–H groups in total. The van der Waals surface area contributed by atoms with E-state index in [0.29, 0.717) is 12.6 Å². The molecule has 1 aliphatic heterocycles. The van der Waals surface area contributed by atoms with E-state index in [1.165, 1.54) is 0 Å². The minimum Gasteiger partial charge on any atom is -0.332 e. The third-order valence-corrected chi connectivity index (χ3v) is 4.58. The molecule has 0 bridgehead atoms. The molecule has 0 spiro atoms. The molecule has 1 aromatic carbocycles. The second-order valence-electron chi connectivity index (χ2n) is 5.60. The molecule has 0 radical (unpaired) electrons. The normalized spacial score (nSPS) is 14.4. The van der Waals surface area contributed by atoms with Gasteiger partial charge in [0.25, 0.3) is 5.91 Å². The summed E-state index contributed by atoms with van der Waals surface area (Å²) in [7, 11) is 0. The molecule has 1 aromatic heterocycles. The third kappa shape index (κ3) is 2.62. The fraction of sp³-hybridized carbons (Fsp3) is 0.375. The first-order valence-electron chi connectivity index (χ1n) is 7.16. The Morgan fingerprint density at radius 2 is 2.10 bits per heavy atom. The van der Waals surface area contributed by atoms with Crippen LogP contribution in [0.25, 0.3) is 0 Å². The second-order valence-corrected chi connectivity index (χ2v) is 6.45. The number of amides is 1. The topological polar surface area (TPSA) is 38.1 Å². The Hall–Kier alpha value is -1.62. The maximum absolute atomic E-state index is 12.7. The maximum atomic E-state index is 12.7. The number of hydrogen-bond donors (Lipinski definition) is 0. The summed E-state index contributed by atoms with van der Waals surface area (Å²) in [5.74, 6) is 0.0737. The number of imidazole rings is 1. The highest BCUT2D eigenvalue weighted by Gasteiger charge is 2.26. The first-order chi connectivity index (χ1) is 10.1. The predicted octanol–water partition coefficient (Wildman–Crippen LogP) is 3.43. The molecular formula is C16H18BrN3O. The summed E-state index contributed by atoms with van der Waals surface area (Å²) in [5.41, 5.74) is 3.01. The average molecular weight is 348 g/mol. The molecule has 0 aliphatic carbocycles. The average Bonchev–Trinajstić information content (AvgIpc) is 2.90. The summed E-state index contributed by atoms with van der Waals surface area (Å²) in [6.07, 6.45) is 2.72. The van der Waals surface area contributed by atoms with Crippen molar-refractivity contribution in [3.8, 4) is 0 Å². The largest absolute Gasteiger partial charge is 0.332 e. The number of carbonyl (C=O) groups is 1. The van der Waals surface area contributed by atoms with E-state index >= 15 is 0 Å². The molecule has 2 heterocycles. The zero-order chi connectivity index (χ0) is 15.0. The highest BCUT2D eigenvalue weighted by Crippen LogP contribution is 2.24. The molecule has 21 heavy (non-hydrogen) atoms. The number of carbonyl (C=O) groups excluding carboxylic acids is 1. The SMILES string of the molecule is CC(C)n1cnc2c1CN(C(=O)c1ccccc1Br)CC2. The van der Waals surface area contributed by atoms with Gasteiger partial charge in [0.1, 0.15) is 0 Å². The second kappa shape index (κ2) is 5.64. The Morgan fingerprint density at radius 3 is 2.81 bits per heavy atom. The lowest BCUT2D eigenvalue weighted by Gasteiger charge is -2.28. The van der Waals surface area contributed by atoms with Gasteiger partial charge in [-0.25, -0.2) is 4.98 Å². The Labute approximate surface area is 132 Å². The van der Waals surface area contributed by atoms with E-state index in [1.807, 2.05) is 35.5 Å². The molecule has 110 valence electrons. The lowest BCUT2D eigenvalue weighted by molar-refractivity contribution is 0.0728. The van der Waals surface area contributed by atoms with Crippen molar-refractivity contribution in [3.63, 3.8) is 0 Å². The predicted molar refractivity (Wildman–Crippen MR) is 85.2 cm³/mol. The molecule has 0 fully saturated rings. The van der Waals surface area contributed by atoms with E-state index in [2.05, 4.69) is 39.3 Å². The molecule has 0 atom stereocenters. The van der Waals surface area contributed by atoms with Crippen LogP contribution in [-0.4, -0.2) is 26.9 Å². The van der Waals surface area contributed by atoms with Gasteiger partial charge in [0, 0.05) is 23.5 Å². The van der Waals surface area contributed by atoms with Crippen molar-refractivity contribution in [1.82, 2.24) is 14.5 Å². The molecule has 5 heteroatoms. The van der Waals surface area contributed by atoms with Gasteiger partial charge in [0.15, 0.2) is 0 Å². The van der Waals surface area contributed by atoms with Crippen molar-refractivity contribution >= 4 is 21.8 Å². The van der Waals surface area contributed by atoms with Gasteiger partial charge in [0.05, 0.1) is 29.8 Å². The molecule has 0 saturated carbocycles. The van der Waals surface area contributed by atoms with Crippen molar-refractivity contribution in [3.05, 3.63) is 52.0 Å². The first kappa shape index (κ1) is 14.3. The standard InChI is InChI=1S/C16H18BrN3O/c1-11(2)20-10-18-14-7-8-19(9-15(14)20)16(21)12-5-3-4-6-13(12)17/h3-6,10-11H,7-9H2,1-2H3. The lowest BCUT2D eigenvalue weighted by atomic mass is 10.1. The number of rotatable bonds is 2. The van der Waals surface area contributed by atoms with Crippen molar-refractivity contribution in [2.24, 2.45) is 0 Å². The summed E-state index contributed by atoms with van der Waals surface area (Å²) in [6.45, 7) is 5.63. The first-order valence-corrected chi connectivity index (χ1v) is 7.95. The maximum Gasteiger partial charge on any atom is 0.255 e. The lowest BCUT2D eigenvalue weighted by Crippen LogP contribution is -2.37. The van der Waals surface area contributed by atoms with Gasteiger partial charge in [-0.05, 0) is 41.9 Å². The Kier molecular flexibility index (Phi) is 3.85. The summed E-state index contributed by atoms with van der Waals surface area (Å²) < 4.78 is 3.01. The summed E-state index contributed by atoms with van der Waals surface area (Å²) >= 11 is 3.46. The molecule has 3 rings (SSSR count). The number of fused-ring (bicyclic) bond motifs is 1. The van der Waals surface area contributed by atoms with Crippen LogP contribution in [0.15, 0.2) is 35.1 Å². The van der Waals surface area contributed by atoms with Gasteiger partial charge in [-0.1, -0.05) is 12.1 Å². The Bertz CT molecular complexity index is 678. The van der Waals surface area contributed by atoms with Gasteiger partial charge in [-0.15, -0.1) is 0 Å². The van der Waals surface area contributed by atoms with E-state index in [0.717, 1.165) is 34.4 Å². The van der Waals surface area contributed by atoms with Crippen LogP contribution in [0.4, 0.5) is 0 Å². The zero-order valence-corrected chi connectivity index (χ0v) is 13.8. The monoisotopic (exact) mass is 347 g/mol. The fourth-order valence-electron chi connectivity index (χ4n) is 2.73. The number of hydrogen-bond acceptors (Lipinski definition) is 2. The minimum atomic E-state index is 0.0737. The number of nitrogens with zero attached hydrogens (tertiary/aromatic N) is 3. The summed E-state index contributed by atoms with van der Waals surface area (Å²) in [6, 6.07) is 7.94. The quantitative estimate of drug-likeness (QED) is 0.834. The highest BCUT2D eigenvalue weighted by molar-refractivity contribution is 9.10. The van der Waals surface area contributed by atoms with Gasteiger partial charge >= 0.3 is 0 Å². The summed E-state index contributed by atoms with van der Waals surface area (Å²) in [4.78, 5) is 19.1. The van der Waals surface area contributed by atoms with Crippen molar-refractivity contribution < 1.29 is 4.79 Å². The number of halogens is 1. The van der Waals surface area contributed by atoms with E-state index in [1.54, 1.807) is 0 Å². The Morgan fingerprint density at radius 1 is 1.33 bits per heavy atom. The number of benzene rings is 1. The van der Waals surface area contributed by atoms with Crippen molar-refractivity contribution in [1.29, 1.82) is 0 Å². The van der Waals surface area contributed by atoms with Crippen LogP contribution in [0.5, 0.6) is 0 Å². The van der Waals surface area contributed by atoms with Gasteiger partial charge < -0.3 is 9.47 Å². The molecule has 1 amide bonds. The van der Waals surface area contributed by atoms with Crippen LogP contribution >= 0.6 is 15.9 Å². The third-order valence-electron chi connectivity index (χ3n) is 3.89. The van der Waals surface area contributed by atoms with Crippen LogP contribution in [-0.2, 0) is 13.0 Å². The fourth-order valence-corrected chi connectivity index (χ4v) is 3.19. The van der Waals surface area contributed by atoms with Crippen molar-refractivity contribution in [2.75, 3.05) is 6.54 Å². The van der Waals surface area contributed by atoms with Crippen LogP contribution in [0.2, 0.25) is 0 Å². The van der Waals surface area contributed by atoms with Crippen LogP contribution in [0.3, 0.4) is 0 Å². The van der Waals surface area contributed by atoms with Crippen LogP contribution in [0, 0.1) is 0 Å². The number of aromatic nitrogens is 2. The van der Waals surface area contributed by atoms with Crippen LogP contribution in [0.1, 0.15) is 41.6 Å².